The molecule has 238 valence electrons. The molecule has 47 heavy (non-hydrogen) atoms. The number of nitrogens with zero attached hydrogens (tertiary/aromatic N) is 6. The lowest BCUT2D eigenvalue weighted by Crippen LogP contribution is -1.74. The van der Waals surface area contributed by atoms with Gasteiger partial charge in [0.15, 0.2) is 0 Å². The topological polar surface area (TPSA) is 86.6 Å². The first-order valence-electron chi connectivity index (χ1n) is 14.9. The van der Waals surface area contributed by atoms with Crippen molar-refractivity contribution < 1.29 is 4.74 Å². The molecule has 9 rings (SSSR count). The van der Waals surface area contributed by atoms with Crippen molar-refractivity contribution in [3.8, 4) is 0 Å². The van der Waals surface area contributed by atoms with Crippen molar-refractivity contribution in [1.29, 1.82) is 0 Å². The number of thiophene rings is 1. The van der Waals surface area contributed by atoms with Crippen LogP contribution in [-0.4, -0.2) is 43.1 Å². The highest BCUT2D eigenvalue weighted by molar-refractivity contribution is 7.07. The fourth-order valence-corrected chi connectivity index (χ4v) is 4.33. The largest absolute Gasteiger partial charge is 0.381 e. The summed E-state index contributed by atoms with van der Waals surface area (Å²) in [7, 11) is 0. The second kappa shape index (κ2) is 26.0. The van der Waals surface area contributed by atoms with Gasteiger partial charge in [-0.25, -0.2) is 9.97 Å². The SMILES string of the molecule is C1CCOC1.c1ccc2cnccc2c1.c1ccc2ncccc2c1.c1ccncc1.c1ccsc1.c1cncnc1.c1cscn1. The summed E-state index contributed by atoms with van der Waals surface area (Å²) in [5.41, 5.74) is 2.85. The Labute approximate surface area is 284 Å². The highest BCUT2D eigenvalue weighted by Crippen LogP contribution is 2.10. The number of ether oxygens (including phenoxy) is 1. The molecular weight excluding hydrogens is 621 g/mol. The van der Waals surface area contributed by atoms with Crippen molar-refractivity contribution in [1.82, 2.24) is 29.9 Å². The molecule has 1 saturated heterocycles. The average Bonchev–Trinajstić information content (AvgIpc) is 4.02. The first-order valence-corrected chi connectivity index (χ1v) is 16.8. The van der Waals surface area contributed by atoms with Crippen LogP contribution in [0.5, 0.6) is 0 Å². The summed E-state index contributed by atoms with van der Waals surface area (Å²) in [6.45, 7) is 2.00. The Hall–Kier alpha value is -5.22. The van der Waals surface area contributed by atoms with Crippen LogP contribution >= 0.6 is 22.7 Å². The molecule has 0 amide bonds. The van der Waals surface area contributed by atoms with E-state index >= 15 is 0 Å². The molecular formula is C38H38N6OS2. The van der Waals surface area contributed by atoms with E-state index in [0.29, 0.717) is 0 Å². The van der Waals surface area contributed by atoms with Crippen molar-refractivity contribution in [3.63, 3.8) is 0 Å². The molecule has 9 heteroatoms. The standard InChI is InChI=1S/2C9H7N.C5H5N.C4H4N2.C4H8O.C4H4S.C3H3NS/c1-2-6-9-8(4-1)5-3-7-10-9;1-2-4-9-7-10-6-5-8(9)3-1;1-2-4-6-5-3-1;1-2-5-4-6-3-1;2*1-2-4-5-3-1;1-2-5-3-4-1/h2*1-7H;1-5H;1-4H;1-4H2;1-4H;1-3H. The third kappa shape index (κ3) is 18.4. The number of aromatic nitrogens is 6. The summed E-state index contributed by atoms with van der Waals surface area (Å²) in [4.78, 5) is 23.1. The minimum atomic E-state index is 1.00. The van der Waals surface area contributed by atoms with Crippen molar-refractivity contribution in [2.75, 3.05) is 13.2 Å². The Morgan fingerprint density at radius 1 is 0.447 bits per heavy atom. The van der Waals surface area contributed by atoms with Gasteiger partial charge in [0.05, 0.1) is 11.0 Å². The highest BCUT2D eigenvalue weighted by Gasteiger charge is 1.94. The lowest BCUT2D eigenvalue weighted by atomic mass is 10.2. The van der Waals surface area contributed by atoms with Crippen LogP contribution in [0.25, 0.3) is 21.7 Å². The van der Waals surface area contributed by atoms with Crippen LogP contribution in [0.1, 0.15) is 12.8 Å². The van der Waals surface area contributed by atoms with E-state index in [1.807, 2.05) is 108 Å². The molecule has 0 radical (unpaired) electrons. The first-order chi connectivity index (χ1) is 23.4. The van der Waals surface area contributed by atoms with Crippen LogP contribution in [0, 0.1) is 0 Å². The normalized spacial score (nSPS) is 10.6. The molecule has 6 aromatic heterocycles. The molecule has 7 nitrogen and oxygen atoms in total. The van der Waals surface area contributed by atoms with Crippen molar-refractivity contribution in [2.45, 2.75) is 12.8 Å². The Kier molecular flexibility index (Phi) is 20.1. The van der Waals surface area contributed by atoms with Gasteiger partial charge >= 0.3 is 0 Å². The molecule has 0 N–H and O–H groups in total. The van der Waals surface area contributed by atoms with E-state index in [1.165, 1.54) is 35.3 Å². The lowest BCUT2D eigenvalue weighted by molar-refractivity contribution is 0.198. The van der Waals surface area contributed by atoms with Gasteiger partial charge in [-0.3, -0.25) is 19.9 Å². The van der Waals surface area contributed by atoms with E-state index < -0.39 is 0 Å². The number of para-hydroxylation sites is 1. The average molecular weight is 659 g/mol. The molecule has 2 aromatic carbocycles. The molecule has 0 unspecified atom stereocenters. The quantitative estimate of drug-likeness (QED) is 0.160. The summed E-state index contributed by atoms with van der Waals surface area (Å²) in [6.07, 6.45) is 18.2. The lowest BCUT2D eigenvalue weighted by Gasteiger charge is -1.91. The highest BCUT2D eigenvalue weighted by atomic mass is 32.1. The second-order valence-electron chi connectivity index (χ2n) is 9.14. The number of hydrogen-bond acceptors (Lipinski definition) is 9. The summed E-state index contributed by atoms with van der Waals surface area (Å²) >= 11 is 3.31. The van der Waals surface area contributed by atoms with Crippen LogP contribution < -0.4 is 0 Å². The van der Waals surface area contributed by atoms with Crippen LogP contribution in [0.15, 0.2) is 181 Å². The zero-order valence-corrected chi connectivity index (χ0v) is 27.7. The zero-order valence-electron chi connectivity index (χ0n) is 26.1. The maximum absolute atomic E-state index is 4.94. The maximum Gasteiger partial charge on any atom is 0.115 e. The summed E-state index contributed by atoms with van der Waals surface area (Å²) in [5, 5.41) is 9.66. The van der Waals surface area contributed by atoms with Gasteiger partial charge in [0.25, 0.3) is 0 Å². The third-order valence-electron chi connectivity index (χ3n) is 5.71. The Morgan fingerprint density at radius 3 is 1.57 bits per heavy atom. The number of thiazole rings is 1. The summed E-state index contributed by atoms with van der Waals surface area (Å²) in [6, 6.07) is 33.8. The molecule has 0 atom stereocenters. The number of hydrogen-bond donors (Lipinski definition) is 0. The van der Waals surface area contributed by atoms with Gasteiger partial charge in [0.1, 0.15) is 6.33 Å². The van der Waals surface area contributed by atoms with Crippen LogP contribution in [0.3, 0.4) is 0 Å². The van der Waals surface area contributed by atoms with Crippen LogP contribution in [0.4, 0.5) is 0 Å². The van der Waals surface area contributed by atoms with Gasteiger partial charge in [0.2, 0.25) is 0 Å². The van der Waals surface area contributed by atoms with Crippen molar-refractivity contribution in [2.24, 2.45) is 0 Å². The van der Waals surface area contributed by atoms with Gasteiger partial charge in [-0.15, -0.1) is 11.3 Å². The predicted molar refractivity (Wildman–Crippen MR) is 196 cm³/mol. The smallest absolute Gasteiger partial charge is 0.115 e. The van der Waals surface area contributed by atoms with E-state index in [1.54, 1.807) is 65.2 Å². The van der Waals surface area contributed by atoms with Crippen LogP contribution in [0.2, 0.25) is 0 Å². The van der Waals surface area contributed by atoms with E-state index in [9.17, 15) is 0 Å². The Bertz CT molecular complexity index is 1420. The molecule has 0 spiro atoms. The van der Waals surface area contributed by atoms with Crippen molar-refractivity contribution in [3.05, 3.63) is 181 Å². The minimum Gasteiger partial charge on any atom is -0.381 e. The van der Waals surface area contributed by atoms with Gasteiger partial charge in [0, 0.05) is 73.6 Å². The molecule has 1 aliphatic rings. The number of fused-ring (bicyclic) bond motifs is 2. The predicted octanol–water partition coefficient (Wildman–Crippen LogP) is 9.72. The zero-order chi connectivity index (χ0) is 32.7. The van der Waals surface area contributed by atoms with E-state index in [0.717, 1.165) is 18.7 Å². The monoisotopic (exact) mass is 658 g/mol. The molecule has 0 saturated carbocycles. The van der Waals surface area contributed by atoms with Gasteiger partial charge in [-0.1, -0.05) is 66.7 Å². The summed E-state index contributed by atoms with van der Waals surface area (Å²) in [5.74, 6) is 0. The number of pyridine rings is 3. The first kappa shape index (κ1) is 36.3. The van der Waals surface area contributed by atoms with Gasteiger partial charge in [-0.05, 0) is 70.8 Å². The minimum absolute atomic E-state index is 1.00. The van der Waals surface area contributed by atoms with Crippen molar-refractivity contribution >= 4 is 44.3 Å². The Morgan fingerprint density at radius 2 is 1.13 bits per heavy atom. The second-order valence-corrected chi connectivity index (χ2v) is 10.7. The molecule has 1 fully saturated rings. The molecule has 8 aromatic rings. The molecule has 0 aliphatic carbocycles. The Balaban J connectivity index is 0.000000152. The maximum atomic E-state index is 4.94. The fourth-order valence-electron chi connectivity index (χ4n) is 3.52. The number of benzene rings is 2. The third-order valence-corrected chi connectivity index (χ3v) is 6.86. The van der Waals surface area contributed by atoms with Crippen LogP contribution in [-0.2, 0) is 4.74 Å². The van der Waals surface area contributed by atoms with E-state index in [2.05, 4.69) is 54.2 Å². The van der Waals surface area contributed by atoms with E-state index in [-0.39, 0.29) is 0 Å². The van der Waals surface area contributed by atoms with E-state index in [4.69, 9.17) is 4.74 Å². The molecule has 0 bridgehead atoms. The summed E-state index contributed by atoms with van der Waals surface area (Å²) < 4.78 is 4.94. The van der Waals surface area contributed by atoms with Gasteiger partial charge in [-0.2, -0.15) is 11.3 Å². The number of rotatable bonds is 0. The van der Waals surface area contributed by atoms with Gasteiger partial charge < -0.3 is 4.74 Å². The molecule has 1 aliphatic heterocycles. The fraction of sp³-hybridized carbons (Fsp3) is 0.105. The molecule has 7 heterocycles.